The third kappa shape index (κ3) is 2.33. The molecule has 0 atom stereocenters. The van der Waals surface area contributed by atoms with E-state index in [0.717, 1.165) is 10.0 Å². The predicted octanol–water partition coefficient (Wildman–Crippen LogP) is 3.21. The minimum atomic E-state index is -0.126. The van der Waals surface area contributed by atoms with E-state index in [1.165, 1.54) is 10.5 Å². The van der Waals surface area contributed by atoms with Gasteiger partial charge >= 0.3 is 0 Å². The Kier molecular flexibility index (Phi) is 3.58. The molecule has 18 heavy (non-hydrogen) atoms. The highest BCUT2D eigenvalue weighted by atomic mass is 79.9. The maximum absolute atomic E-state index is 12.0. The van der Waals surface area contributed by atoms with Crippen LogP contribution in [0.5, 0.6) is 0 Å². The molecule has 0 bridgehead atoms. The van der Waals surface area contributed by atoms with Crippen LogP contribution in [0.4, 0.5) is 0 Å². The van der Waals surface area contributed by atoms with Gasteiger partial charge in [-0.1, -0.05) is 47.3 Å². The third-order valence-electron chi connectivity index (χ3n) is 2.44. The number of rotatable bonds is 3. The van der Waals surface area contributed by atoms with Gasteiger partial charge in [-0.3, -0.25) is 9.20 Å². The van der Waals surface area contributed by atoms with Crippen LogP contribution in [-0.2, 0) is 0 Å². The number of hydrogen-bond donors (Lipinski definition) is 0. The lowest BCUT2D eigenvalue weighted by molar-refractivity contribution is 1.03. The van der Waals surface area contributed by atoms with E-state index in [1.54, 1.807) is 36.6 Å². The molecule has 4 heteroatoms. The zero-order valence-electron chi connectivity index (χ0n) is 9.64. The monoisotopic (exact) mass is 302 g/mol. The Balaban J connectivity index is 2.75. The van der Waals surface area contributed by atoms with Gasteiger partial charge in [0.25, 0.3) is 5.56 Å². The number of aromatic nitrogens is 2. The maximum Gasteiger partial charge on any atom is 0.258 e. The minimum Gasteiger partial charge on any atom is -0.269 e. The molecule has 2 aromatic heterocycles. The number of halogens is 1. The van der Waals surface area contributed by atoms with Gasteiger partial charge in [-0.15, -0.1) is 0 Å². The Hall–Kier alpha value is -1.94. The quantitative estimate of drug-likeness (QED) is 0.816. The molecule has 0 unspecified atom stereocenters. The van der Waals surface area contributed by atoms with E-state index < -0.39 is 0 Å². The second-order valence-electron chi connectivity index (χ2n) is 3.61. The summed E-state index contributed by atoms with van der Waals surface area (Å²) in [5.41, 5.74) is 1.82. The van der Waals surface area contributed by atoms with E-state index in [9.17, 15) is 4.79 Å². The van der Waals surface area contributed by atoms with Crippen molar-refractivity contribution in [3.8, 4) is 0 Å². The molecular formula is C14H11BrN2O. The molecule has 0 aromatic carbocycles. The summed E-state index contributed by atoms with van der Waals surface area (Å²) < 4.78 is 2.36. The van der Waals surface area contributed by atoms with Gasteiger partial charge in [-0.05, 0) is 17.7 Å². The molecule has 0 fully saturated rings. The van der Waals surface area contributed by atoms with Gasteiger partial charge in [0.1, 0.15) is 5.65 Å². The highest BCUT2D eigenvalue weighted by molar-refractivity contribution is 9.10. The van der Waals surface area contributed by atoms with Crippen molar-refractivity contribution < 1.29 is 0 Å². The molecule has 0 radical (unpaired) electrons. The van der Waals surface area contributed by atoms with E-state index in [-0.39, 0.29) is 5.56 Å². The van der Waals surface area contributed by atoms with Gasteiger partial charge in [-0.25, -0.2) is 4.98 Å². The molecule has 0 spiro atoms. The second-order valence-corrected chi connectivity index (χ2v) is 4.53. The second kappa shape index (κ2) is 5.14. The highest BCUT2D eigenvalue weighted by Gasteiger charge is 2.04. The van der Waals surface area contributed by atoms with Crippen LogP contribution in [-0.4, -0.2) is 9.38 Å². The van der Waals surface area contributed by atoms with E-state index in [1.807, 2.05) is 0 Å². The van der Waals surface area contributed by atoms with Gasteiger partial charge < -0.3 is 0 Å². The fourth-order valence-electron chi connectivity index (χ4n) is 1.61. The van der Waals surface area contributed by atoms with Gasteiger partial charge in [0.05, 0.1) is 5.69 Å². The molecule has 2 aromatic rings. The summed E-state index contributed by atoms with van der Waals surface area (Å²) in [7, 11) is 0. The molecule has 2 heterocycles. The number of nitrogens with zero attached hydrogens (tertiary/aromatic N) is 2. The fourth-order valence-corrected chi connectivity index (χ4v) is 1.93. The average Bonchev–Trinajstić information content (AvgIpc) is 2.35. The SMILES string of the molecule is C=C/C=C(\C=C)c1cc(=O)n2ccc(Br)cc2n1. The summed E-state index contributed by atoms with van der Waals surface area (Å²) in [6.45, 7) is 7.34. The smallest absolute Gasteiger partial charge is 0.258 e. The predicted molar refractivity (Wildman–Crippen MR) is 77.5 cm³/mol. The first-order valence-electron chi connectivity index (χ1n) is 5.30. The first-order valence-corrected chi connectivity index (χ1v) is 6.09. The molecular weight excluding hydrogens is 292 g/mol. The first kappa shape index (κ1) is 12.5. The number of fused-ring (bicyclic) bond motifs is 1. The van der Waals surface area contributed by atoms with E-state index in [0.29, 0.717) is 11.3 Å². The third-order valence-corrected chi connectivity index (χ3v) is 2.94. The van der Waals surface area contributed by atoms with Crippen molar-refractivity contribution in [1.82, 2.24) is 9.38 Å². The van der Waals surface area contributed by atoms with Crippen molar-refractivity contribution in [2.75, 3.05) is 0 Å². The molecule has 0 amide bonds. The van der Waals surface area contributed by atoms with E-state index in [4.69, 9.17) is 0 Å². The summed E-state index contributed by atoms with van der Waals surface area (Å²) in [5, 5.41) is 0. The summed E-state index contributed by atoms with van der Waals surface area (Å²) in [5.74, 6) is 0. The topological polar surface area (TPSA) is 34.4 Å². The van der Waals surface area contributed by atoms with E-state index >= 15 is 0 Å². The van der Waals surface area contributed by atoms with Crippen molar-refractivity contribution in [2.24, 2.45) is 0 Å². The summed E-state index contributed by atoms with van der Waals surface area (Å²) in [6.07, 6.45) is 6.74. The lowest BCUT2D eigenvalue weighted by Gasteiger charge is -2.04. The van der Waals surface area contributed by atoms with Gasteiger partial charge in [0.2, 0.25) is 0 Å². The van der Waals surface area contributed by atoms with Crippen molar-refractivity contribution in [3.05, 3.63) is 76.3 Å². The molecule has 0 aliphatic heterocycles. The average molecular weight is 303 g/mol. The van der Waals surface area contributed by atoms with Crippen molar-refractivity contribution >= 4 is 27.2 Å². The summed E-state index contributed by atoms with van der Waals surface area (Å²) >= 11 is 3.36. The molecule has 0 aliphatic carbocycles. The maximum atomic E-state index is 12.0. The Morgan fingerprint density at radius 1 is 1.39 bits per heavy atom. The van der Waals surface area contributed by atoms with Crippen LogP contribution in [0.3, 0.4) is 0 Å². The number of pyridine rings is 1. The van der Waals surface area contributed by atoms with Crippen molar-refractivity contribution in [1.29, 1.82) is 0 Å². The lowest BCUT2D eigenvalue weighted by Crippen LogP contribution is -2.14. The standard InChI is InChI=1S/C14H11BrN2O/c1-3-5-10(4-2)12-9-14(18)17-7-6-11(15)8-13(17)16-12/h3-9H,1-2H2/b10-5+. The summed E-state index contributed by atoms with van der Waals surface area (Å²) in [4.78, 5) is 16.4. The minimum absolute atomic E-state index is 0.126. The van der Waals surface area contributed by atoms with Gasteiger partial charge in [0.15, 0.2) is 0 Å². The number of allylic oxidation sites excluding steroid dienone is 4. The lowest BCUT2D eigenvalue weighted by atomic mass is 10.1. The fraction of sp³-hybridized carbons (Fsp3) is 0. The molecule has 0 aliphatic rings. The van der Waals surface area contributed by atoms with Crippen LogP contribution >= 0.6 is 15.9 Å². The summed E-state index contributed by atoms with van der Waals surface area (Å²) in [6, 6.07) is 5.07. The van der Waals surface area contributed by atoms with Crippen LogP contribution in [0.15, 0.2) is 65.0 Å². The Morgan fingerprint density at radius 2 is 2.17 bits per heavy atom. The highest BCUT2D eigenvalue weighted by Crippen LogP contribution is 2.15. The van der Waals surface area contributed by atoms with Crippen LogP contribution in [0.1, 0.15) is 5.69 Å². The largest absolute Gasteiger partial charge is 0.269 e. The van der Waals surface area contributed by atoms with E-state index in [2.05, 4.69) is 34.1 Å². The Bertz CT molecular complexity index is 713. The normalized spacial score (nSPS) is 11.5. The van der Waals surface area contributed by atoms with Gasteiger partial charge in [0, 0.05) is 16.7 Å². The Labute approximate surface area is 113 Å². The molecule has 0 saturated carbocycles. The molecule has 3 nitrogen and oxygen atoms in total. The van der Waals surface area contributed by atoms with Crippen LogP contribution < -0.4 is 5.56 Å². The Morgan fingerprint density at radius 3 is 2.83 bits per heavy atom. The van der Waals surface area contributed by atoms with Crippen molar-refractivity contribution in [3.63, 3.8) is 0 Å². The molecule has 0 N–H and O–H groups in total. The van der Waals surface area contributed by atoms with Crippen LogP contribution in [0.25, 0.3) is 11.2 Å². The molecule has 90 valence electrons. The number of hydrogen-bond acceptors (Lipinski definition) is 2. The van der Waals surface area contributed by atoms with Crippen LogP contribution in [0, 0.1) is 0 Å². The zero-order chi connectivity index (χ0) is 13.1. The molecule has 0 saturated heterocycles. The molecule has 2 rings (SSSR count). The zero-order valence-corrected chi connectivity index (χ0v) is 11.2. The van der Waals surface area contributed by atoms with Crippen LogP contribution in [0.2, 0.25) is 0 Å². The van der Waals surface area contributed by atoms with Gasteiger partial charge in [-0.2, -0.15) is 0 Å². The van der Waals surface area contributed by atoms with Crippen molar-refractivity contribution in [2.45, 2.75) is 0 Å². The first-order chi connectivity index (χ1) is 8.65.